The van der Waals surface area contributed by atoms with Crippen LogP contribution in [0.5, 0.6) is 0 Å². The molecule has 0 radical (unpaired) electrons. The Hall–Kier alpha value is -3.60. The number of nitrogens with zero attached hydrogens (tertiary/aromatic N) is 1. The number of anilines is 2. The number of hydrogen-bond acceptors (Lipinski definition) is 2. The molecule has 0 saturated heterocycles. The molecule has 3 aromatic rings. The van der Waals surface area contributed by atoms with E-state index < -0.39 is 6.03 Å². The fourth-order valence-corrected chi connectivity index (χ4v) is 2.37. The molecule has 0 aliphatic rings. The van der Waals surface area contributed by atoms with Gasteiger partial charge < -0.3 is 0 Å². The summed E-state index contributed by atoms with van der Waals surface area (Å²) in [6.45, 7) is 0. The van der Waals surface area contributed by atoms with Gasteiger partial charge in [-0.1, -0.05) is 54.6 Å². The lowest BCUT2D eigenvalue weighted by atomic mass is 10.2. The first-order valence-electron chi connectivity index (χ1n) is 7.81. The molecule has 0 spiro atoms. The predicted octanol–water partition coefficient (Wildman–Crippen LogP) is 3.88. The van der Waals surface area contributed by atoms with Crippen molar-refractivity contribution in [1.29, 1.82) is 0 Å². The van der Waals surface area contributed by atoms with Crippen LogP contribution >= 0.6 is 0 Å². The zero-order valence-electron chi connectivity index (χ0n) is 13.4. The van der Waals surface area contributed by atoms with E-state index in [-0.39, 0.29) is 5.91 Å². The second-order valence-corrected chi connectivity index (χ2v) is 5.26. The summed E-state index contributed by atoms with van der Waals surface area (Å²) in [7, 11) is 0. The summed E-state index contributed by atoms with van der Waals surface area (Å²) >= 11 is 0. The average Bonchev–Trinajstić information content (AvgIpc) is 2.69. The molecule has 5 heteroatoms. The molecule has 0 heterocycles. The van der Waals surface area contributed by atoms with Crippen molar-refractivity contribution in [3.8, 4) is 0 Å². The zero-order chi connectivity index (χ0) is 17.5. The number of para-hydroxylation sites is 2. The number of hydrazine groups is 1. The van der Waals surface area contributed by atoms with Gasteiger partial charge >= 0.3 is 6.03 Å². The van der Waals surface area contributed by atoms with Crippen LogP contribution < -0.4 is 15.8 Å². The molecular formula is C20H17N3O2. The molecule has 3 aromatic carbocycles. The average molecular weight is 331 g/mol. The van der Waals surface area contributed by atoms with E-state index in [4.69, 9.17) is 0 Å². The second-order valence-electron chi connectivity index (χ2n) is 5.26. The Balaban J connectivity index is 1.77. The summed E-state index contributed by atoms with van der Waals surface area (Å²) in [6.07, 6.45) is 0. The normalized spacial score (nSPS) is 9.92. The lowest BCUT2D eigenvalue weighted by Gasteiger charge is -2.23. The molecule has 0 unspecified atom stereocenters. The first-order valence-corrected chi connectivity index (χ1v) is 7.81. The van der Waals surface area contributed by atoms with Crippen molar-refractivity contribution in [1.82, 2.24) is 10.9 Å². The summed E-state index contributed by atoms with van der Waals surface area (Å²) < 4.78 is 0. The second kappa shape index (κ2) is 7.79. The quantitative estimate of drug-likeness (QED) is 0.716. The van der Waals surface area contributed by atoms with Gasteiger partial charge in [0.25, 0.3) is 5.91 Å². The SMILES string of the molecule is O=C(NNC(=O)N(c1ccccc1)c1ccccc1)c1ccccc1. The van der Waals surface area contributed by atoms with Crippen molar-refractivity contribution in [2.45, 2.75) is 0 Å². The summed E-state index contributed by atoms with van der Waals surface area (Å²) in [5.74, 6) is -0.380. The van der Waals surface area contributed by atoms with E-state index in [1.54, 1.807) is 24.3 Å². The number of urea groups is 1. The molecule has 0 bridgehead atoms. The van der Waals surface area contributed by atoms with Crippen LogP contribution in [0.1, 0.15) is 10.4 Å². The van der Waals surface area contributed by atoms with Gasteiger partial charge in [0.15, 0.2) is 0 Å². The van der Waals surface area contributed by atoms with Crippen LogP contribution in [0.3, 0.4) is 0 Å². The first-order chi connectivity index (χ1) is 12.3. The minimum atomic E-state index is -0.457. The van der Waals surface area contributed by atoms with Crippen molar-refractivity contribution in [3.05, 3.63) is 96.6 Å². The Morgan fingerprint density at radius 1 is 0.600 bits per heavy atom. The van der Waals surface area contributed by atoms with Crippen LogP contribution in [0.4, 0.5) is 16.2 Å². The Bertz CT molecular complexity index is 797. The largest absolute Gasteiger partial charge is 0.345 e. The Morgan fingerprint density at radius 3 is 1.52 bits per heavy atom. The van der Waals surface area contributed by atoms with Crippen molar-refractivity contribution in [2.24, 2.45) is 0 Å². The molecule has 5 nitrogen and oxygen atoms in total. The monoisotopic (exact) mass is 331 g/mol. The first kappa shape index (κ1) is 16.3. The van der Waals surface area contributed by atoms with Crippen LogP contribution in [0.15, 0.2) is 91.0 Å². The smallest absolute Gasteiger partial charge is 0.267 e. The van der Waals surface area contributed by atoms with Gasteiger partial charge in [-0.05, 0) is 36.4 Å². The van der Waals surface area contributed by atoms with E-state index >= 15 is 0 Å². The van der Waals surface area contributed by atoms with Gasteiger partial charge in [0.05, 0.1) is 11.4 Å². The number of rotatable bonds is 3. The van der Waals surface area contributed by atoms with Crippen molar-refractivity contribution in [3.63, 3.8) is 0 Å². The molecule has 2 N–H and O–H groups in total. The van der Waals surface area contributed by atoms with Gasteiger partial charge in [0.1, 0.15) is 0 Å². The van der Waals surface area contributed by atoms with Gasteiger partial charge in [-0.2, -0.15) is 0 Å². The molecular weight excluding hydrogens is 314 g/mol. The lowest BCUT2D eigenvalue weighted by molar-refractivity contribution is 0.0937. The maximum Gasteiger partial charge on any atom is 0.345 e. The van der Waals surface area contributed by atoms with Crippen molar-refractivity contribution >= 4 is 23.3 Å². The topological polar surface area (TPSA) is 61.4 Å². The summed E-state index contributed by atoms with van der Waals surface area (Å²) in [5, 5.41) is 0. The maximum absolute atomic E-state index is 12.7. The fourth-order valence-electron chi connectivity index (χ4n) is 2.37. The Morgan fingerprint density at radius 2 is 1.04 bits per heavy atom. The van der Waals surface area contributed by atoms with Gasteiger partial charge in [-0.3, -0.25) is 15.1 Å². The highest BCUT2D eigenvalue weighted by atomic mass is 16.2. The van der Waals surface area contributed by atoms with E-state index in [9.17, 15) is 9.59 Å². The van der Waals surface area contributed by atoms with Crippen LogP contribution in [0, 0.1) is 0 Å². The van der Waals surface area contributed by atoms with Crippen LogP contribution in [0.25, 0.3) is 0 Å². The molecule has 0 aliphatic heterocycles. The molecule has 124 valence electrons. The molecule has 0 atom stereocenters. The number of nitrogens with one attached hydrogen (secondary N) is 2. The van der Waals surface area contributed by atoms with Gasteiger partial charge in [-0.25, -0.2) is 10.2 Å². The van der Waals surface area contributed by atoms with Crippen LogP contribution in [-0.2, 0) is 0 Å². The summed E-state index contributed by atoms with van der Waals surface area (Å²) in [4.78, 5) is 26.3. The number of hydrogen-bond donors (Lipinski definition) is 2. The summed E-state index contributed by atoms with van der Waals surface area (Å²) in [5.41, 5.74) is 6.76. The van der Waals surface area contributed by atoms with Crippen LogP contribution in [0.2, 0.25) is 0 Å². The molecule has 25 heavy (non-hydrogen) atoms. The highest BCUT2D eigenvalue weighted by Crippen LogP contribution is 2.24. The molecule has 0 aromatic heterocycles. The number of carbonyl (C=O) groups excluding carboxylic acids is 2. The molecule has 3 amide bonds. The highest BCUT2D eigenvalue weighted by Gasteiger charge is 2.18. The Labute approximate surface area is 145 Å². The van der Waals surface area contributed by atoms with Gasteiger partial charge in [0, 0.05) is 5.56 Å². The van der Waals surface area contributed by atoms with E-state index in [1.807, 2.05) is 66.7 Å². The van der Waals surface area contributed by atoms with Gasteiger partial charge in [0.2, 0.25) is 0 Å². The summed E-state index contributed by atoms with van der Waals surface area (Å²) in [6, 6.07) is 26.7. The highest BCUT2D eigenvalue weighted by molar-refractivity contribution is 6.01. The van der Waals surface area contributed by atoms with E-state index in [1.165, 1.54) is 4.90 Å². The van der Waals surface area contributed by atoms with Gasteiger partial charge in [-0.15, -0.1) is 0 Å². The fraction of sp³-hybridized carbons (Fsp3) is 0. The predicted molar refractivity (Wildman–Crippen MR) is 97.5 cm³/mol. The lowest BCUT2D eigenvalue weighted by Crippen LogP contribution is -2.47. The van der Waals surface area contributed by atoms with E-state index in [0.717, 1.165) is 0 Å². The standard InChI is InChI=1S/C20H17N3O2/c24-19(16-10-4-1-5-11-16)21-22-20(25)23(17-12-6-2-7-13-17)18-14-8-3-9-15-18/h1-15H,(H,21,24)(H,22,25). The maximum atomic E-state index is 12.7. The molecule has 3 rings (SSSR count). The molecule has 0 aliphatic carbocycles. The third-order valence-corrected chi connectivity index (χ3v) is 3.55. The minimum Gasteiger partial charge on any atom is -0.267 e. The van der Waals surface area contributed by atoms with Crippen molar-refractivity contribution in [2.75, 3.05) is 4.90 Å². The van der Waals surface area contributed by atoms with E-state index in [2.05, 4.69) is 10.9 Å². The van der Waals surface area contributed by atoms with E-state index in [0.29, 0.717) is 16.9 Å². The number of benzene rings is 3. The van der Waals surface area contributed by atoms with Crippen LogP contribution in [-0.4, -0.2) is 11.9 Å². The Kier molecular flexibility index (Phi) is 5.07. The zero-order valence-corrected chi connectivity index (χ0v) is 13.4. The molecule has 0 fully saturated rings. The third-order valence-electron chi connectivity index (χ3n) is 3.55. The molecule has 0 saturated carbocycles. The van der Waals surface area contributed by atoms with Crippen molar-refractivity contribution < 1.29 is 9.59 Å². The number of amides is 3. The minimum absolute atomic E-state index is 0.380. The number of carbonyl (C=O) groups is 2. The third kappa shape index (κ3) is 4.03.